The van der Waals surface area contributed by atoms with Gasteiger partial charge < -0.3 is 11.1 Å². The number of rotatable bonds is 6. The Bertz CT molecular complexity index is 407. The van der Waals surface area contributed by atoms with Crippen molar-refractivity contribution in [3.63, 3.8) is 0 Å². The van der Waals surface area contributed by atoms with Crippen molar-refractivity contribution < 1.29 is 4.39 Å². The highest BCUT2D eigenvalue weighted by molar-refractivity contribution is 6.31. The fraction of sp³-hybridized carbons (Fsp3) is 0.571. The van der Waals surface area contributed by atoms with Crippen LogP contribution in [0.5, 0.6) is 0 Å². The minimum atomic E-state index is -0.314. The molecule has 100 valence electrons. The zero-order chi connectivity index (χ0) is 13.1. The zero-order valence-electron chi connectivity index (χ0n) is 10.6. The number of hydrogen-bond donors (Lipinski definition) is 2. The third-order valence-electron chi connectivity index (χ3n) is 3.69. The number of hydrogen-bond acceptors (Lipinski definition) is 2. The first kappa shape index (κ1) is 13.8. The van der Waals surface area contributed by atoms with Crippen LogP contribution in [0.25, 0.3) is 0 Å². The van der Waals surface area contributed by atoms with E-state index in [0.29, 0.717) is 17.5 Å². The van der Waals surface area contributed by atoms with Crippen LogP contribution in [-0.4, -0.2) is 13.1 Å². The molecule has 1 aliphatic rings. The smallest absolute Gasteiger partial charge is 0.124 e. The molecule has 0 bridgehead atoms. The predicted molar refractivity (Wildman–Crippen MR) is 73.1 cm³/mol. The second kappa shape index (κ2) is 6.00. The van der Waals surface area contributed by atoms with Crippen molar-refractivity contribution in [2.45, 2.75) is 25.8 Å². The molecule has 2 unspecified atom stereocenters. The van der Waals surface area contributed by atoms with E-state index in [1.165, 1.54) is 25.0 Å². The van der Waals surface area contributed by atoms with E-state index in [-0.39, 0.29) is 11.9 Å². The van der Waals surface area contributed by atoms with Gasteiger partial charge in [0.15, 0.2) is 0 Å². The second-order valence-electron chi connectivity index (χ2n) is 5.18. The fourth-order valence-electron chi connectivity index (χ4n) is 2.26. The summed E-state index contributed by atoms with van der Waals surface area (Å²) in [4.78, 5) is 0. The molecule has 1 saturated carbocycles. The molecule has 2 nitrogen and oxygen atoms in total. The van der Waals surface area contributed by atoms with Gasteiger partial charge in [-0.3, -0.25) is 0 Å². The Hall–Kier alpha value is -0.640. The van der Waals surface area contributed by atoms with Crippen LogP contribution in [0.1, 0.15) is 31.4 Å². The van der Waals surface area contributed by atoms with Gasteiger partial charge in [0.05, 0.1) is 0 Å². The summed E-state index contributed by atoms with van der Waals surface area (Å²) < 4.78 is 13.0. The molecule has 0 radical (unpaired) electrons. The summed E-state index contributed by atoms with van der Waals surface area (Å²) in [5.74, 6) is 1.21. The Kier molecular flexibility index (Phi) is 4.60. The van der Waals surface area contributed by atoms with E-state index in [1.54, 1.807) is 6.07 Å². The summed E-state index contributed by atoms with van der Waals surface area (Å²) in [6, 6.07) is 4.48. The molecule has 2 rings (SSSR count). The fourth-order valence-corrected chi connectivity index (χ4v) is 2.56. The summed E-state index contributed by atoms with van der Waals surface area (Å²) in [6.45, 7) is 3.65. The molecule has 0 aromatic heterocycles. The van der Waals surface area contributed by atoms with Gasteiger partial charge >= 0.3 is 0 Å². The van der Waals surface area contributed by atoms with Gasteiger partial charge in [-0.05, 0) is 48.9 Å². The molecule has 4 heteroatoms. The molecule has 1 fully saturated rings. The molecule has 2 atom stereocenters. The Morgan fingerprint density at radius 2 is 2.22 bits per heavy atom. The van der Waals surface area contributed by atoms with Crippen LogP contribution in [-0.2, 0) is 0 Å². The Labute approximate surface area is 113 Å². The van der Waals surface area contributed by atoms with Gasteiger partial charge in [-0.15, -0.1) is 0 Å². The van der Waals surface area contributed by atoms with Crippen molar-refractivity contribution in [3.05, 3.63) is 34.6 Å². The molecule has 0 saturated heterocycles. The molecule has 18 heavy (non-hydrogen) atoms. The maximum Gasteiger partial charge on any atom is 0.124 e. The molecule has 1 aliphatic carbocycles. The third-order valence-corrected chi connectivity index (χ3v) is 4.01. The monoisotopic (exact) mass is 270 g/mol. The lowest BCUT2D eigenvalue weighted by molar-refractivity contribution is 0.422. The second-order valence-corrected chi connectivity index (χ2v) is 5.58. The van der Waals surface area contributed by atoms with Crippen LogP contribution in [0, 0.1) is 17.7 Å². The third kappa shape index (κ3) is 3.44. The van der Waals surface area contributed by atoms with Crippen LogP contribution in [0.3, 0.4) is 0 Å². The molecule has 0 spiro atoms. The molecule has 1 aromatic rings. The first-order chi connectivity index (χ1) is 8.61. The molecule has 0 heterocycles. The number of benzene rings is 1. The predicted octanol–water partition coefficient (Wildman–Crippen LogP) is 3.11. The van der Waals surface area contributed by atoms with Crippen LogP contribution in [0.2, 0.25) is 5.02 Å². The summed E-state index contributed by atoms with van der Waals surface area (Å²) in [5.41, 5.74) is 6.65. The summed E-state index contributed by atoms with van der Waals surface area (Å²) in [5, 5.41) is 3.88. The van der Waals surface area contributed by atoms with Gasteiger partial charge in [0.2, 0.25) is 0 Å². The highest BCUT2D eigenvalue weighted by Gasteiger charge is 2.28. The number of nitrogens with two attached hydrogens (primary N) is 1. The standard InChI is InChI=1S/C14H20ClFN2/c1-9(10-2-3-10)8-18-14(7-17)12-5-4-11(16)6-13(12)15/h4-6,9-10,14,18H,2-3,7-8,17H2,1H3. The lowest BCUT2D eigenvalue weighted by atomic mass is 10.0. The van der Waals surface area contributed by atoms with Crippen molar-refractivity contribution in [3.8, 4) is 0 Å². The molecule has 0 amide bonds. The van der Waals surface area contributed by atoms with Crippen molar-refractivity contribution in [2.75, 3.05) is 13.1 Å². The number of halogens is 2. The lowest BCUT2D eigenvalue weighted by Gasteiger charge is -2.21. The minimum Gasteiger partial charge on any atom is -0.329 e. The van der Waals surface area contributed by atoms with Crippen LogP contribution >= 0.6 is 11.6 Å². The normalized spacial score (nSPS) is 18.7. The minimum absolute atomic E-state index is 0.000648. The van der Waals surface area contributed by atoms with E-state index in [4.69, 9.17) is 17.3 Å². The average Bonchev–Trinajstić information content (AvgIpc) is 3.15. The van der Waals surface area contributed by atoms with Crippen LogP contribution in [0.4, 0.5) is 4.39 Å². The van der Waals surface area contributed by atoms with Crippen molar-refractivity contribution >= 4 is 11.6 Å². The number of nitrogens with one attached hydrogen (secondary N) is 1. The van der Waals surface area contributed by atoms with Gasteiger partial charge in [0.25, 0.3) is 0 Å². The van der Waals surface area contributed by atoms with Crippen molar-refractivity contribution in [2.24, 2.45) is 17.6 Å². The maximum atomic E-state index is 13.0. The maximum absolute atomic E-state index is 13.0. The molecule has 0 aliphatic heterocycles. The Morgan fingerprint density at radius 1 is 1.50 bits per heavy atom. The zero-order valence-corrected chi connectivity index (χ0v) is 11.4. The SMILES string of the molecule is CC(CNC(CN)c1ccc(F)cc1Cl)C1CC1. The van der Waals surface area contributed by atoms with E-state index in [9.17, 15) is 4.39 Å². The van der Waals surface area contributed by atoms with E-state index in [0.717, 1.165) is 18.0 Å². The average molecular weight is 271 g/mol. The van der Waals surface area contributed by atoms with E-state index in [2.05, 4.69) is 12.2 Å². The van der Waals surface area contributed by atoms with E-state index in [1.807, 2.05) is 0 Å². The molecule has 1 aromatic carbocycles. The Morgan fingerprint density at radius 3 is 2.78 bits per heavy atom. The quantitative estimate of drug-likeness (QED) is 0.834. The van der Waals surface area contributed by atoms with Crippen LogP contribution in [0.15, 0.2) is 18.2 Å². The first-order valence-electron chi connectivity index (χ1n) is 6.50. The van der Waals surface area contributed by atoms with Gasteiger partial charge in [-0.25, -0.2) is 4.39 Å². The molecule has 3 N–H and O–H groups in total. The molecular weight excluding hydrogens is 251 g/mol. The van der Waals surface area contributed by atoms with E-state index < -0.39 is 0 Å². The largest absolute Gasteiger partial charge is 0.329 e. The van der Waals surface area contributed by atoms with Gasteiger partial charge in [-0.1, -0.05) is 24.6 Å². The van der Waals surface area contributed by atoms with Gasteiger partial charge in [-0.2, -0.15) is 0 Å². The van der Waals surface area contributed by atoms with Crippen molar-refractivity contribution in [1.82, 2.24) is 5.32 Å². The van der Waals surface area contributed by atoms with E-state index >= 15 is 0 Å². The Balaban J connectivity index is 1.98. The topological polar surface area (TPSA) is 38.0 Å². The highest BCUT2D eigenvalue weighted by atomic mass is 35.5. The lowest BCUT2D eigenvalue weighted by Crippen LogP contribution is -2.32. The molecular formula is C14H20ClFN2. The van der Waals surface area contributed by atoms with Gasteiger partial charge in [0, 0.05) is 17.6 Å². The first-order valence-corrected chi connectivity index (χ1v) is 6.88. The highest BCUT2D eigenvalue weighted by Crippen LogP contribution is 2.36. The summed E-state index contributed by atoms with van der Waals surface area (Å²) in [6.07, 6.45) is 2.68. The summed E-state index contributed by atoms with van der Waals surface area (Å²) >= 11 is 6.06. The van der Waals surface area contributed by atoms with Crippen molar-refractivity contribution in [1.29, 1.82) is 0 Å². The van der Waals surface area contributed by atoms with Crippen LogP contribution < -0.4 is 11.1 Å². The van der Waals surface area contributed by atoms with Gasteiger partial charge in [0.1, 0.15) is 5.82 Å². The summed E-state index contributed by atoms with van der Waals surface area (Å²) in [7, 11) is 0.